The molecule has 0 saturated carbocycles. The van der Waals surface area contributed by atoms with Gasteiger partial charge in [-0.15, -0.1) is 29.1 Å². The third-order valence-corrected chi connectivity index (χ3v) is 6.61. The molecule has 32 heavy (non-hydrogen) atoms. The summed E-state index contributed by atoms with van der Waals surface area (Å²) in [6, 6.07) is 6.94. The van der Waals surface area contributed by atoms with Gasteiger partial charge in [0.05, 0.1) is 5.69 Å². The van der Waals surface area contributed by atoms with Gasteiger partial charge in [0.2, 0.25) is 5.91 Å². The zero-order valence-corrected chi connectivity index (χ0v) is 19.7. The number of terminal acetylenes is 1. The highest BCUT2D eigenvalue weighted by Gasteiger charge is 2.37. The molecule has 3 aromatic rings. The van der Waals surface area contributed by atoms with Gasteiger partial charge in [-0.1, -0.05) is 24.3 Å². The third-order valence-electron chi connectivity index (χ3n) is 4.95. The quantitative estimate of drug-likeness (QED) is 0.534. The smallest absolute Gasteiger partial charge is 0.278 e. The van der Waals surface area contributed by atoms with E-state index < -0.39 is 11.6 Å². The standard InChI is InChI=1S/C25H23N3O2S2/c1-5-21-26-18(15-32-21)24(30)28(19-11-8-12-20-17(19)13-14-31-20)22(16-9-6-7-10-16)23(29)27-25(2,3)4/h1,6-9,11-15,22H,10H2,2-4H3,(H,27,29). The van der Waals surface area contributed by atoms with Gasteiger partial charge >= 0.3 is 0 Å². The average molecular weight is 462 g/mol. The largest absolute Gasteiger partial charge is 0.349 e. The van der Waals surface area contributed by atoms with Gasteiger partial charge < -0.3 is 5.32 Å². The molecule has 1 aromatic carbocycles. The number of hydrogen-bond donors (Lipinski definition) is 1. The van der Waals surface area contributed by atoms with Crippen LogP contribution in [0.5, 0.6) is 0 Å². The van der Waals surface area contributed by atoms with Crippen LogP contribution in [0.3, 0.4) is 0 Å². The Morgan fingerprint density at radius 2 is 2.06 bits per heavy atom. The molecule has 0 aliphatic heterocycles. The lowest BCUT2D eigenvalue weighted by Gasteiger charge is -2.34. The van der Waals surface area contributed by atoms with Crippen molar-refractivity contribution in [1.29, 1.82) is 0 Å². The molecule has 1 N–H and O–H groups in total. The van der Waals surface area contributed by atoms with E-state index >= 15 is 0 Å². The Morgan fingerprint density at radius 3 is 2.72 bits per heavy atom. The van der Waals surface area contributed by atoms with Crippen molar-refractivity contribution in [3.8, 4) is 12.3 Å². The van der Waals surface area contributed by atoms with Crippen LogP contribution in [0.25, 0.3) is 10.1 Å². The number of anilines is 1. The molecule has 2 aromatic heterocycles. The topological polar surface area (TPSA) is 62.3 Å². The Kier molecular flexibility index (Phi) is 6.00. The Morgan fingerprint density at radius 1 is 1.25 bits per heavy atom. The van der Waals surface area contributed by atoms with Crippen LogP contribution in [0.15, 0.2) is 58.8 Å². The molecule has 7 heteroatoms. The fourth-order valence-corrected chi connectivity index (χ4v) is 5.07. The lowest BCUT2D eigenvalue weighted by molar-refractivity contribution is -0.123. The summed E-state index contributed by atoms with van der Waals surface area (Å²) in [4.78, 5) is 33.4. The monoisotopic (exact) mass is 461 g/mol. The number of carbonyl (C=O) groups is 2. The van der Waals surface area contributed by atoms with Crippen LogP contribution in [0.4, 0.5) is 5.69 Å². The van der Waals surface area contributed by atoms with Crippen molar-refractivity contribution in [2.45, 2.75) is 38.8 Å². The first-order valence-corrected chi connectivity index (χ1v) is 11.9. The summed E-state index contributed by atoms with van der Waals surface area (Å²) in [6.45, 7) is 5.78. The third kappa shape index (κ3) is 4.38. The number of carbonyl (C=O) groups excluding carboxylic acids is 2. The molecule has 1 aliphatic rings. The highest BCUT2D eigenvalue weighted by molar-refractivity contribution is 7.17. The van der Waals surface area contributed by atoms with E-state index in [9.17, 15) is 9.59 Å². The van der Waals surface area contributed by atoms with Gasteiger partial charge in [-0.2, -0.15) is 0 Å². The number of allylic oxidation sites excluding steroid dienone is 3. The zero-order valence-electron chi connectivity index (χ0n) is 18.1. The lowest BCUT2D eigenvalue weighted by atomic mass is 9.99. The number of aromatic nitrogens is 1. The molecular formula is C25H23N3O2S2. The van der Waals surface area contributed by atoms with E-state index in [1.54, 1.807) is 21.6 Å². The lowest BCUT2D eigenvalue weighted by Crippen LogP contribution is -2.55. The molecule has 1 unspecified atom stereocenters. The maximum Gasteiger partial charge on any atom is 0.278 e. The van der Waals surface area contributed by atoms with Crippen LogP contribution < -0.4 is 10.2 Å². The Hall–Kier alpha value is -3.21. The minimum absolute atomic E-state index is 0.232. The summed E-state index contributed by atoms with van der Waals surface area (Å²) >= 11 is 2.83. The molecule has 4 rings (SSSR count). The van der Waals surface area contributed by atoms with Gasteiger partial charge in [-0.3, -0.25) is 14.5 Å². The zero-order chi connectivity index (χ0) is 22.9. The highest BCUT2D eigenvalue weighted by Crippen LogP contribution is 2.35. The van der Waals surface area contributed by atoms with Gasteiger partial charge in [0.1, 0.15) is 11.7 Å². The molecule has 5 nitrogen and oxygen atoms in total. The number of fused-ring (bicyclic) bond motifs is 1. The SMILES string of the molecule is C#Cc1nc(C(=O)N(c2cccc3sccc23)C(C(=O)NC(C)(C)C)C2=CC=CC2)cs1. The van der Waals surface area contributed by atoms with Crippen molar-refractivity contribution in [2.24, 2.45) is 0 Å². The molecular weight excluding hydrogens is 438 g/mol. The van der Waals surface area contributed by atoms with Crippen molar-refractivity contribution in [1.82, 2.24) is 10.3 Å². The van der Waals surface area contributed by atoms with E-state index in [1.807, 2.05) is 68.6 Å². The van der Waals surface area contributed by atoms with Crippen LogP contribution >= 0.6 is 22.7 Å². The molecule has 0 spiro atoms. The Bertz CT molecular complexity index is 1280. The number of rotatable bonds is 5. The second-order valence-electron chi connectivity index (χ2n) is 8.48. The van der Waals surface area contributed by atoms with Crippen molar-refractivity contribution in [3.05, 3.63) is 69.5 Å². The normalized spacial score (nSPS) is 14.1. The Balaban J connectivity index is 1.89. The minimum Gasteiger partial charge on any atom is -0.349 e. The van der Waals surface area contributed by atoms with E-state index in [-0.39, 0.29) is 17.5 Å². The molecule has 0 bridgehead atoms. The maximum absolute atomic E-state index is 13.9. The summed E-state index contributed by atoms with van der Waals surface area (Å²) in [7, 11) is 0. The number of thiazole rings is 1. The van der Waals surface area contributed by atoms with E-state index in [0.29, 0.717) is 17.1 Å². The number of nitrogens with zero attached hydrogens (tertiary/aromatic N) is 2. The van der Waals surface area contributed by atoms with Gasteiger partial charge in [-0.05, 0) is 62.3 Å². The predicted octanol–water partition coefficient (Wildman–Crippen LogP) is 5.16. The van der Waals surface area contributed by atoms with Gasteiger partial charge in [0.15, 0.2) is 5.01 Å². The van der Waals surface area contributed by atoms with Crippen molar-refractivity contribution >= 4 is 50.3 Å². The fourth-order valence-electron chi connectivity index (χ4n) is 3.67. The average Bonchev–Trinajstić information content (AvgIpc) is 3.51. The first-order chi connectivity index (χ1) is 15.3. The summed E-state index contributed by atoms with van der Waals surface area (Å²) < 4.78 is 1.04. The molecule has 0 fully saturated rings. The number of hydrogen-bond acceptors (Lipinski definition) is 5. The molecule has 162 valence electrons. The molecule has 1 atom stereocenters. The van der Waals surface area contributed by atoms with E-state index in [1.165, 1.54) is 11.3 Å². The first kappa shape index (κ1) is 22.0. The fraction of sp³-hybridized carbons (Fsp3) is 0.240. The van der Waals surface area contributed by atoms with Gasteiger partial charge in [-0.25, -0.2) is 4.98 Å². The van der Waals surface area contributed by atoms with E-state index in [2.05, 4.69) is 16.2 Å². The summed E-state index contributed by atoms with van der Waals surface area (Å²) in [5, 5.41) is 8.04. The predicted molar refractivity (Wildman–Crippen MR) is 132 cm³/mol. The van der Waals surface area contributed by atoms with Crippen molar-refractivity contribution in [2.75, 3.05) is 4.90 Å². The molecule has 1 aliphatic carbocycles. The minimum atomic E-state index is -0.821. The van der Waals surface area contributed by atoms with Crippen LogP contribution in [-0.2, 0) is 4.79 Å². The second-order valence-corrected chi connectivity index (χ2v) is 10.3. The number of amides is 2. The summed E-state index contributed by atoms with van der Waals surface area (Å²) in [5.41, 5.74) is 1.29. The van der Waals surface area contributed by atoms with Gasteiger partial charge in [0.25, 0.3) is 5.91 Å². The van der Waals surface area contributed by atoms with Crippen molar-refractivity contribution in [3.63, 3.8) is 0 Å². The number of benzene rings is 1. The number of nitrogens with one attached hydrogen (secondary N) is 1. The number of thiophene rings is 1. The maximum atomic E-state index is 13.9. The molecule has 0 radical (unpaired) electrons. The molecule has 2 amide bonds. The van der Waals surface area contributed by atoms with Crippen LogP contribution in [-0.4, -0.2) is 28.4 Å². The Labute approximate surface area is 195 Å². The second kappa shape index (κ2) is 8.73. The van der Waals surface area contributed by atoms with E-state index in [4.69, 9.17) is 6.42 Å². The summed E-state index contributed by atoms with van der Waals surface area (Å²) in [5.74, 6) is 1.89. The van der Waals surface area contributed by atoms with E-state index in [0.717, 1.165) is 15.7 Å². The first-order valence-electron chi connectivity index (χ1n) is 10.2. The molecule has 2 heterocycles. The van der Waals surface area contributed by atoms with Crippen LogP contribution in [0, 0.1) is 12.3 Å². The van der Waals surface area contributed by atoms with Crippen molar-refractivity contribution < 1.29 is 9.59 Å². The highest BCUT2D eigenvalue weighted by atomic mass is 32.1. The van der Waals surface area contributed by atoms with Gasteiger partial charge in [0, 0.05) is 21.0 Å². The van der Waals surface area contributed by atoms with Crippen LogP contribution in [0.2, 0.25) is 0 Å². The van der Waals surface area contributed by atoms with Crippen LogP contribution in [0.1, 0.15) is 42.7 Å². The molecule has 0 saturated heterocycles. The summed E-state index contributed by atoms with van der Waals surface area (Å²) in [6.07, 6.45) is 11.9.